The Morgan fingerprint density at radius 3 is 2.69 bits per heavy atom. The Labute approximate surface area is 188 Å². The predicted molar refractivity (Wildman–Crippen MR) is 122 cm³/mol. The van der Waals surface area contributed by atoms with E-state index in [4.69, 9.17) is 24.7 Å². The monoisotopic (exact) mass is 444 g/mol. The molecule has 1 unspecified atom stereocenters. The SMILES string of the molecule is CCn1ncc2c(NCc3cc(OC)ccc3OC)nc(C)nc21.NCC1COCCO1. The summed E-state index contributed by atoms with van der Waals surface area (Å²) in [6.45, 7) is 7.89. The van der Waals surface area contributed by atoms with Crippen LogP contribution >= 0.6 is 0 Å². The van der Waals surface area contributed by atoms with Crippen LogP contribution in [0.25, 0.3) is 11.0 Å². The van der Waals surface area contributed by atoms with Gasteiger partial charge in [-0.15, -0.1) is 0 Å². The highest BCUT2D eigenvalue weighted by atomic mass is 16.6. The highest BCUT2D eigenvalue weighted by molar-refractivity contribution is 5.86. The number of fused-ring (bicyclic) bond motifs is 1. The van der Waals surface area contributed by atoms with Crippen molar-refractivity contribution in [2.75, 3.05) is 45.9 Å². The zero-order valence-electron chi connectivity index (χ0n) is 19.1. The Hall–Kier alpha value is -2.95. The number of aryl methyl sites for hydroxylation is 2. The minimum absolute atomic E-state index is 0.142. The molecule has 32 heavy (non-hydrogen) atoms. The van der Waals surface area contributed by atoms with Gasteiger partial charge in [-0.05, 0) is 32.0 Å². The summed E-state index contributed by atoms with van der Waals surface area (Å²) in [4.78, 5) is 9.00. The average Bonchev–Trinajstić information content (AvgIpc) is 3.26. The number of nitrogens with two attached hydrogens (primary N) is 1. The van der Waals surface area contributed by atoms with E-state index in [-0.39, 0.29) is 6.10 Å². The minimum atomic E-state index is 0.142. The van der Waals surface area contributed by atoms with Crippen molar-refractivity contribution < 1.29 is 18.9 Å². The number of hydrogen-bond donors (Lipinski definition) is 2. The number of anilines is 1. The number of benzene rings is 1. The van der Waals surface area contributed by atoms with E-state index in [9.17, 15) is 0 Å². The molecule has 1 atom stereocenters. The van der Waals surface area contributed by atoms with Crippen LogP contribution in [-0.2, 0) is 22.6 Å². The molecule has 1 aliphatic rings. The molecule has 1 saturated heterocycles. The fraction of sp³-hybridized carbons (Fsp3) is 0.500. The lowest BCUT2D eigenvalue weighted by Gasteiger charge is -2.20. The largest absolute Gasteiger partial charge is 0.497 e. The molecule has 0 radical (unpaired) electrons. The van der Waals surface area contributed by atoms with Crippen LogP contribution in [0.15, 0.2) is 24.4 Å². The molecule has 3 heterocycles. The highest BCUT2D eigenvalue weighted by Gasteiger charge is 2.12. The third-order valence-corrected chi connectivity index (χ3v) is 4.99. The third kappa shape index (κ3) is 5.84. The molecule has 0 amide bonds. The maximum atomic E-state index is 5.42. The van der Waals surface area contributed by atoms with Crippen LogP contribution in [-0.4, -0.2) is 66.4 Å². The molecule has 174 valence electrons. The quantitative estimate of drug-likeness (QED) is 0.565. The summed E-state index contributed by atoms with van der Waals surface area (Å²) in [5, 5.41) is 8.64. The lowest BCUT2D eigenvalue weighted by molar-refractivity contribution is -0.0834. The molecule has 3 N–H and O–H groups in total. The zero-order valence-corrected chi connectivity index (χ0v) is 19.1. The van der Waals surface area contributed by atoms with Gasteiger partial charge in [0.25, 0.3) is 0 Å². The van der Waals surface area contributed by atoms with Gasteiger partial charge in [-0.25, -0.2) is 14.6 Å². The molecular formula is C22H32N6O4. The summed E-state index contributed by atoms with van der Waals surface area (Å²) in [7, 11) is 3.30. The second-order valence-electron chi connectivity index (χ2n) is 7.15. The minimum Gasteiger partial charge on any atom is -0.497 e. The van der Waals surface area contributed by atoms with Crippen molar-refractivity contribution in [1.82, 2.24) is 19.7 Å². The van der Waals surface area contributed by atoms with Gasteiger partial charge in [-0.3, -0.25) is 0 Å². The van der Waals surface area contributed by atoms with Crippen LogP contribution < -0.4 is 20.5 Å². The fourth-order valence-electron chi connectivity index (χ4n) is 3.30. The van der Waals surface area contributed by atoms with Gasteiger partial charge in [-0.2, -0.15) is 5.10 Å². The van der Waals surface area contributed by atoms with E-state index in [0.717, 1.165) is 47.1 Å². The van der Waals surface area contributed by atoms with E-state index in [1.807, 2.05) is 36.7 Å². The second-order valence-corrected chi connectivity index (χ2v) is 7.15. The van der Waals surface area contributed by atoms with Crippen molar-refractivity contribution in [2.24, 2.45) is 5.73 Å². The van der Waals surface area contributed by atoms with Gasteiger partial charge in [0.15, 0.2) is 5.65 Å². The average molecular weight is 445 g/mol. The maximum Gasteiger partial charge on any atom is 0.163 e. The summed E-state index contributed by atoms with van der Waals surface area (Å²) >= 11 is 0. The van der Waals surface area contributed by atoms with Crippen molar-refractivity contribution in [3.63, 3.8) is 0 Å². The van der Waals surface area contributed by atoms with E-state index in [0.29, 0.717) is 32.1 Å². The van der Waals surface area contributed by atoms with Crippen molar-refractivity contribution in [2.45, 2.75) is 33.0 Å². The molecule has 0 bridgehead atoms. The van der Waals surface area contributed by atoms with Gasteiger partial charge in [0, 0.05) is 25.2 Å². The Kier molecular flexibility index (Phi) is 8.60. The predicted octanol–water partition coefficient (Wildman–Crippen LogP) is 2.14. The maximum absolute atomic E-state index is 5.42. The summed E-state index contributed by atoms with van der Waals surface area (Å²) in [6.07, 6.45) is 1.94. The molecule has 1 aliphatic heterocycles. The number of nitrogens with one attached hydrogen (secondary N) is 1. The number of methoxy groups -OCH3 is 2. The zero-order chi connectivity index (χ0) is 22.9. The number of ether oxygens (including phenoxy) is 4. The van der Waals surface area contributed by atoms with Crippen LogP contribution in [0.2, 0.25) is 0 Å². The van der Waals surface area contributed by atoms with Crippen molar-refractivity contribution >= 4 is 16.9 Å². The summed E-state index contributed by atoms with van der Waals surface area (Å²) in [5.74, 6) is 3.06. The van der Waals surface area contributed by atoms with E-state index < -0.39 is 0 Å². The van der Waals surface area contributed by atoms with Gasteiger partial charge < -0.3 is 30.0 Å². The standard InChI is InChI=1S/C17H21N5O2.C5H11NO2/c1-5-22-17-14(10-19-22)16(20-11(2)21-17)18-9-12-8-13(23-3)6-7-15(12)24-4;6-3-5-4-7-1-2-8-5/h6-8,10H,5,9H2,1-4H3,(H,18,20,21);5H,1-4,6H2. The first-order chi connectivity index (χ1) is 15.6. The Bertz CT molecular complexity index is 1000. The summed E-state index contributed by atoms with van der Waals surface area (Å²) in [6, 6.07) is 5.72. The van der Waals surface area contributed by atoms with Crippen LogP contribution in [0.5, 0.6) is 11.5 Å². The van der Waals surface area contributed by atoms with Gasteiger partial charge >= 0.3 is 0 Å². The Morgan fingerprint density at radius 2 is 2.06 bits per heavy atom. The topological polar surface area (TPSA) is 119 Å². The summed E-state index contributed by atoms with van der Waals surface area (Å²) < 4.78 is 22.8. The van der Waals surface area contributed by atoms with Crippen molar-refractivity contribution in [3.8, 4) is 11.5 Å². The van der Waals surface area contributed by atoms with E-state index in [2.05, 4.69) is 20.4 Å². The van der Waals surface area contributed by atoms with Crippen LogP contribution in [0.4, 0.5) is 5.82 Å². The molecule has 4 rings (SSSR count). The Balaban J connectivity index is 0.000000305. The number of aromatic nitrogens is 4. The number of rotatable bonds is 7. The van der Waals surface area contributed by atoms with Gasteiger partial charge in [0.1, 0.15) is 23.1 Å². The Morgan fingerprint density at radius 1 is 1.22 bits per heavy atom. The second kappa shape index (κ2) is 11.6. The molecule has 1 aromatic carbocycles. The highest BCUT2D eigenvalue weighted by Crippen LogP contribution is 2.26. The summed E-state index contributed by atoms with van der Waals surface area (Å²) in [5.41, 5.74) is 7.13. The molecular weight excluding hydrogens is 412 g/mol. The van der Waals surface area contributed by atoms with Gasteiger partial charge in [0.2, 0.25) is 0 Å². The first kappa shape index (κ1) is 23.7. The van der Waals surface area contributed by atoms with Crippen molar-refractivity contribution in [3.05, 3.63) is 35.8 Å². The lowest BCUT2D eigenvalue weighted by atomic mass is 10.2. The van der Waals surface area contributed by atoms with Gasteiger partial charge in [-0.1, -0.05) is 0 Å². The first-order valence-electron chi connectivity index (χ1n) is 10.6. The van der Waals surface area contributed by atoms with Crippen LogP contribution in [0.3, 0.4) is 0 Å². The molecule has 1 fully saturated rings. The molecule has 10 nitrogen and oxygen atoms in total. The first-order valence-corrected chi connectivity index (χ1v) is 10.6. The van der Waals surface area contributed by atoms with Crippen LogP contribution in [0.1, 0.15) is 18.3 Å². The molecule has 0 spiro atoms. The molecule has 2 aromatic heterocycles. The van der Waals surface area contributed by atoms with Crippen LogP contribution in [0, 0.1) is 6.92 Å². The molecule has 10 heteroatoms. The molecule has 3 aromatic rings. The molecule has 0 aliphatic carbocycles. The van der Waals surface area contributed by atoms with Crippen molar-refractivity contribution in [1.29, 1.82) is 0 Å². The molecule has 0 saturated carbocycles. The fourth-order valence-corrected chi connectivity index (χ4v) is 3.30. The van der Waals surface area contributed by atoms with E-state index in [1.165, 1.54) is 0 Å². The van der Waals surface area contributed by atoms with E-state index in [1.54, 1.807) is 20.4 Å². The van der Waals surface area contributed by atoms with E-state index >= 15 is 0 Å². The normalized spacial score (nSPS) is 15.7. The smallest absolute Gasteiger partial charge is 0.163 e. The number of hydrogen-bond acceptors (Lipinski definition) is 9. The number of nitrogens with zero attached hydrogens (tertiary/aromatic N) is 4. The third-order valence-electron chi connectivity index (χ3n) is 4.99. The van der Waals surface area contributed by atoms with Gasteiger partial charge in [0.05, 0.1) is 51.7 Å². The lowest BCUT2D eigenvalue weighted by Crippen LogP contribution is -2.34.